The Hall–Kier alpha value is -2.47. The van der Waals surface area contributed by atoms with Gasteiger partial charge in [-0.15, -0.1) is 0 Å². The highest BCUT2D eigenvalue weighted by Crippen LogP contribution is 2.38. The van der Waals surface area contributed by atoms with E-state index in [-0.39, 0.29) is 12.5 Å². The monoisotopic (exact) mass is 387 g/mol. The van der Waals surface area contributed by atoms with Gasteiger partial charge in [0.15, 0.2) is 11.5 Å². The first-order chi connectivity index (χ1) is 11.7. The molecule has 2 heterocycles. The number of anilines is 1. The average molecular weight is 388 g/mol. The third kappa shape index (κ3) is 2.85. The third-order valence-corrected chi connectivity index (χ3v) is 4.46. The maximum absolute atomic E-state index is 12.5. The van der Waals surface area contributed by atoms with Gasteiger partial charge in [-0.3, -0.25) is 4.79 Å². The van der Waals surface area contributed by atoms with E-state index in [4.69, 9.17) is 14.2 Å². The zero-order chi connectivity index (χ0) is 16.5. The van der Waals surface area contributed by atoms with Crippen LogP contribution in [-0.4, -0.2) is 25.7 Å². The minimum atomic E-state index is -0.207. The second kappa shape index (κ2) is 6.20. The van der Waals surface area contributed by atoms with Crippen molar-refractivity contribution in [2.75, 3.05) is 25.1 Å². The van der Waals surface area contributed by atoms with Gasteiger partial charge in [-0.05, 0) is 28.1 Å². The van der Waals surface area contributed by atoms with Crippen LogP contribution in [0.3, 0.4) is 0 Å². The fraction of sp³-hybridized carbons (Fsp3) is 0.167. The normalized spacial score (nSPS) is 15.0. The Balaban J connectivity index is 1.58. The van der Waals surface area contributed by atoms with Crippen molar-refractivity contribution in [1.29, 1.82) is 0 Å². The van der Waals surface area contributed by atoms with Crippen LogP contribution in [-0.2, 0) is 4.79 Å². The van der Waals surface area contributed by atoms with E-state index < -0.39 is 0 Å². The van der Waals surface area contributed by atoms with Gasteiger partial charge in [-0.1, -0.05) is 18.2 Å². The Bertz CT molecular complexity index is 847. The minimum Gasteiger partial charge on any atom is -0.488 e. The molecule has 1 N–H and O–H groups in total. The molecule has 2 aromatic carbocycles. The fourth-order valence-electron chi connectivity index (χ4n) is 2.61. The standard InChI is InChI=1S/C18H14BrNO4/c19-13-8-16-17(23-6-5-22-16)9-14(13)20-18(21)12-7-11-3-1-2-4-15(11)24-10-12/h1-4,7-9H,5-6,10H2,(H,20,21). The lowest BCUT2D eigenvalue weighted by Crippen LogP contribution is -2.22. The number of hydrogen-bond donors (Lipinski definition) is 1. The van der Waals surface area contributed by atoms with E-state index in [1.807, 2.05) is 30.3 Å². The molecule has 0 saturated heterocycles. The number of fused-ring (bicyclic) bond motifs is 2. The largest absolute Gasteiger partial charge is 0.488 e. The number of ether oxygens (including phenoxy) is 3. The average Bonchev–Trinajstić information content (AvgIpc) is 2.62. The summed E-state index contributed by atoms with van der Waals surface area (Å²) in [6.45, 7) is 1.26. The first kappa shape index (κ1) is 15.1. The zero-order valence-electron chi connectivity index (χ0n) is 12.7. The van der Waals surface area contributed by atoms with Crippen LogP contribution in [0.15, 0.2) is 46.4 Å². The number of carbonyl (C=O) groups excluding carboxylic acids is 1. The Morgan fingerprint density at radius 2 is 1.75 bits per heavy atom. The molecule has 122 valence electrons. The number of carbonyl (C=O) groups is 1. The first-order valence-corrected chi connectivity index (χ1v) is 8.33. The molecule has 1 amide bonds. The topological polar surface area (TPSA) is 56.8 Å². The first-order valence-electron chi connectivity index (χ1n) is 7.53. The molecule has 0 fully saturated rings. The second-order valence-corrected chi connectivity index (χ2v) is 6.28. The zero-order valence-corrected chi connectivity index (χ0v) is 14.3. The quantitative estimate of drug-likeness (QED) is 0.854. The third-order valence-electron chi connectivity index (χ3n) is 3.80. The van der Waals surface area contributed by atoms with Gasteiger partial charge in [0.25, 0.3) is 5.91 Å². The van der Waals surface area contributed by atoms with E-state index in [1.165, 1.54) is 0 Å². The number of nitrogens with one attached hydrogen (secondary N) is 1. The highest BCUT2D eigenvalue weighted by Gasteiger charge is 2.20. The van der Waals surface area contributed by atoms with E-state index in [1.54, 1.807) is 12.1 Å². The Morgan fingerprint density at radius 3 is 2.58 bits per heavy atom. The van der Waals surface area contributed by atoms with Gasteiger partial charge in [0.1, 0.15) is 25.6 Å². The molecule has 0 unspecified atom stereocenters. The highest BCUT2D eigenvalue weighted by atomic mass is 79.9. The van der Waals surface area contributed by atoms with Crippen LogP contribution >= 0.6 is 15.9 Å². The van der Waals surface area contributed by atoms with Gasteiger partial charge in [0.2, 0.25) is 0 Å². The molecule has 4 rings (SSSR count). The predicted octanol–water partition coefficient (Wildman–Crippen LogP) is 3.63. The van der Waals surface area contributed by atoms with Crippen molar-refractivity contribution in [3.63, 3.8) is 0 Å². The van der Waals surface area contributed by atoms with Crippen molar-refractivity contribution >= 4 is 33.6 Å². The van der Waals surface area contributed by atoms with Crippen LogP contribution in [0.5, 0.6) is 17.2 Å². The van der Waals surface area contributed by atoms with Gasteiger partial charge >= 0.3 is 0 Å². The summed E-state index contributed by atoms with van der Waals surface area (Å²) in [5.41, 5.74) is 2.09. The molecule has 6 heteroatoms. The fourth-order valence-corrected chi connectivity index (χ4v) is 3.03. The van der Waals surface area contributed by atoms with Crippen LogP contribution in [0.1, 0.15) is 5.56 Å². The summed E-state index contributed by atoms with van der Waals surface area (Å²) >= 11 is 3.45. The van der Waals surface area contributed by atoms with Crippen molar-refractivity contribution in [3.05, 3.63) is 52.0 Å². The van der Waals surface area contributed by atoms with E-state index >= 15 is 0 Å². The summed E-state index contributed by atoms with van der Waals surface area (Å²) in [6.07, 6.45) is 1.85. The molecule has 5 nitrogen and oxygen atoms in total. The van der Waals surface area contributed by atoms with Gasteiger partial charge < -0.3 is 19.5 Å². The summed E-state index contributed by atoms with van der Waals surface area (Å²) in [7, 11) is 0. The molecule has 2 aliphatic heterocycles. The molecule has 2 aliphatic rings. The van der Waals surface area contributed by atoms with Gasteiger partial charge in [-0.2, -0.15) is 0 Å². The molecule has 0 spiro atoms. The molecule has 2 aromatic rings. The van der Waals surface area contributed by atoms with Gasteiger partial charge in [0.05, 0.1) is 11.3 Å². The van der Waals surface area contributed by atoms with E-state index in [0.29, 0.717) is 36.0 Å². The van der Waals surface area contributed by atoms with Crippen LogP contribution in [0.2, 0.25) is 0 Å². The maximum atomic E-state index is 12.5. The van der Waals surface area contributed by atoms with Gasteiger partial charge in [-0.25, -0.2) is 0 Å². The Kier molecular flexibility index (Phi) is 3.90. The Labute approximate surface area is 147 Å². The maximum Gasteiger partial charge on any atom is 0.255 e. The minimum absolute atomic E-state index is 0.207. The molecule has 0 aromatic heterocycles. The molecule has 24 heavy (non-hydrogen) atoms. The van der Waals surface area contributed by atoms with E-state index in [0.717, 1.165) is 15.8 Å². The second-order valence-electron chi connectivity index (χ2n) is 5.43. The number of amides is 1. The van der Waals surface area contributed by atoms with Crippen LogP contribution in [0.4, 0.5) is 5.69 Å². The summed E-state index contributed by atoms with van der Waals surface area (Å²) < 4.78 is 17.4. The van der Waals surface area contributed by atoms with Crippen molar-refractivity contribution in [2.45, 2.75) is 0 Å². The number of benzene rings is 2. The lowest BCUT2D eigenvalue weighted by Gasteiger charge is -2.21. The molecule has 0 atom stereocenters. The van der Waals surface area contributed by atoms with Crippen LogP contribution < -0.4 is 19.5 Å². The number of halogens is 1. The molecular formula is C18H14BrNO4. The lowest BCUT2D eigenvalue weighted by atomic mass is 10.1. The van der Waals surface area contributed by atoms with Crippen LogP contribution in [0, 0.1) is 0 Å². The summed E-state index contributed by atoms with van der Waals surface area (Å²) in [6, 6.07) is 11.2. The Morgan fingerprint density at radius 1 is 1.00 bits per heavy atom. The van der Waals surface area contributed by atoms with E-state index in [2.05, 4.69) is 21.2 Å². The molecule has 0 saturated carbocycles. The van der Waals surface area contributed by atoms with Crippen LogP contribution in [0.25, 0.3) is 6.08 Å². The molecule has 0 radical (unpaired) electrons. The van der Waals surface area contributed by atoms with Crippen molar-refractivity contribution in [1.82, 2.24) is 0 Å². The lowest BCUT2D eigenvalue weighted by molar-refractivity contribution is -0.113. The number of rotatable bonds is 2. The van der Waals surface area contributed by atoms with Crippen molar-refractivity contribution < 1.29 is 19.0 Å². The molecule has 0 bridgehead atoms. The summed E-state index contributed by atoms with van der Waals surface area (Å²) in [5, 5.41) is 2.89. The SMILES string of the molecule is O=C(Nc1cc2c(cc1Br)OCCO2)C1=Cc2ccccc2OC1. The van der Waals surface area contributed by atoms with Crippen molar-refractivity contribution in [3.8, 4) is 17.2 Å². The van der Waals surface area contributed by atoms with Crippen molar-refractivity contribution in [2.24, 2.45) is 0 Å². The number of hydrogen-bond acceptors (Lipinski definition) is 4. The summed E-state index contributed by atoms with van der Waals surface area (Å²) in [4.78, 5) is 12.5. The highest BCUT2D eigenvalue weighted by molar-refractivity contribution is 9.10. The summed E-state index contributed by atoms with van der Waals surface area (Å²) in [5.74, 6) is 1.87. The smallest absolute Gasteiger partial charge is 0.255 e. The van der Waals surface area contributed by atoms with Gasteiger partial charge in [0, 0.05) is 22.2 Å². The predicted molar refractivity (Wildman–Crippen MR) is 93.7 cm³/mol. The van der Waals surface area contributed by atoms with E-state index in [9.17, 15) is 4.79 Å². The number of para-hydroxylation sites is 1. The molecule has 0 aliphatic carbocycles. The molecular weight excluding hydrogens is 374 g/mol.